The molecule has 1 unspecified atom stereocenters. The highest BCUT2D eigenvalue weighted by atomic mass is 35.5. The van der Waals surface area contributed by atoms with Crippen LogP contribution >= 0.6 is 11.6 Å². The topological polar surface area (TPSA) is 32.3 Å². The molecule has 0 amide bonds. The number of rotatable bonds is 5. The van der Waals surface area contributed by atoms with Gasteiger partial charge in [0, 0.05) is 29.8 Å². The Morgan fingerprint density at radius 3 is 2.87 bits per heavy atom. The lowest BCUT2D eigenvalue weighted by molar-refractivity contribution is 0.268. The summed E-state index contributed by atoms with van der Waals surface area (Å²) in [5.41, 5.74) is 0.587. The second-order valence-corrected chi connectivity index (χ2v) is 3.97. The van der Waals surface area contributed by atoms with Gasteiger partial charge in [0.05, 0.1) is 0 Å². The molecule has 1 atom stereocenters. The molecule has 4 heteroatoms. The third-order valence-electron chi connectivity index (χ3n) is 2.22. The Bertz CT molecular complexity index is 319. The Morgan fingerprint density at radius 2 is 2.27 bits per heavy atom. The number of benzene rings is 1. The summed E-state index contributed by atoms with van der Waals surface area (Å²) in [5, 5.41) is 12.2. The summed E-state index contributed by atoms with van der Waals surface area (Å²) < 4.78 is 13.3. The molecule has 0 heterocycles. The van der Waals surface area contributed by atoms with Gasteiger partial charge in [-0.25, -0.2) is 4.39 Å². The van der Waals surface area contributed by atoms with Crippen LogP contribution in [0.15, 0.2) is 18.2 Å². The first-order chi connectivity index (χ1) is 7.13. The zero-order valence-corrected chi connectivity index (χ0v) is 9.39. The van der Waals surface area contributed by atoms with Crippen molar-refractivity contribution in [2.75, 3.05) is 6.61 Å². The molecule has 0 aliphatic heterocycles. The molecule has 0 fully saturated rings. The van der Waals surface area contributed by atoms with Gasteiger partial charge in [0.25, 0.3) is 0 Å². The second-order valence-electron chi connectivity index (χ2n) is 3.53. The Hall–Kier alpha value is -0.640. The molecule has 0 spiro atoms. The molecule has 0 aromatic heterocycles. The van der Waals surface area contributed by atoms with Crippen LogP contribution in [0, 0.1) is 5.82 Å². The van der Waals surface area contributed by atoms with Crippen molar-refractivity contribution in [3.8, 4) is 0 Å². The molecular weight excluding hydrogens is 217 g/mol. The van der Waals surface area contributed by atoms with Gasteiger partial charge in [0.2, 0.25) is 0 Å². The first-order valence-electron chi connectivity index (χ1n) is 4.91. The van der Waals surface area contributed by atoms with E-state index in [9.17, 15) is 4.39 Å². The lowest BCUT2D eigenvalue weighted by atomic mass is 10.2. The summed E-state index contributed by atoms with van der Waals surface area (Å²) in [6, 6.07) is 4.80. The summed E-state index contributed by atoms with van der Waals surface area (Å²) in [6.45, 7) is 2.53. The fourth-order valence-corrected chi connectivity index (χ4v) is 1.40. The van der Waals surface area contributed by atoms with Crippen LogP contribution in [0.2, 0.25) is 5.02 Å². The molecule has 0 aliphatic carbocycles. The van der Waals surface area contributed by atoms with Crippen molar-refractivity contribution in [1.29, 1.82) is 0 Å². The van der Waals surface area contributed by atoms with E-state index in [0.29, 0.717) is 23.6 Å². The highest BCUT2D eigenvalue weighted by Crippen LogP contribution is 2.14. The average Bonchev–Trinajstić information content (AvgIpc) is 2.17. The van der Waals surface area contributed by atoms with Gasteiger partial charge in [0.1, 0.15) is 5.82 Å². The van der Waals surface area contributed by atoms with Crippen molar-refractivity contribution in [3.05, 3.63) is 34.6 Å². The van der Waals surface area contributed by atoms with E-state index in [2.05, 4.69) is 5.32 Å². The van der Waals surface area contributed by atoms with Crippen molar-refractivity contribution in [2.45, 2.75) is 25.9 Å². The van der Waals surface area contributed by atoms with E-state index in [1.807, 2.05) is 6.92 Å². The first kappa shape index (κ1) is 12.4. The van der Waals surface area contributed by atoms with Crippen molar-refractivity contribution in [1.82, 2.24) is 5.32 Å². The minimum Gasteiger partial charge on any atom is -0.396 e. The number of aliphatic hydroxyl groups excluding tert-OH is 1. The minimum absolute atomic E-state index is 0.136. The van der Waals surface area contributed by atoms with E-state index in [4.69, 9.17) is 16.7 Å². The third-order valence-corrected chi connectivity index (χ3v) is 2.45. The van der Waals surface area contributed by atoms with E-state index in [0.717, 1.165) is 0 Å². The quantitative estimate of drug-likeness (QED) is 0.815. The fraction of sp³-hybridized carbons (Fsp3) is 0.455. The summed E-state index contributed by atoms with van der Waals surface area (Å²) >= 11 is 5.64. The van der Waals surface area contributed by atoms with E-state index >= 15 is 0 Å². The van der Waals surface area contributed by atoms with Crippen LogP contribution in [0.5, 0.6) is 0 Å². The van der Waals surface area contributed by atoms with Gasteiger partial charge in [-0.3, -0.25) is 0 Å². The Kier molecular flexibility index (Phi) is 5.02. The smallest absolute Gasteiger partial charge is 0.129 e. The van der Waals surface area contributed by atoms with Crippen LogP contribution < -0.4 is 5.32 Å². The molecule has 0 saturated carbocycles. The molecule has 15 heavy (non-hydrogen) atoms. The first-order valence-corrected chi connectivity index (χ1v) is 5.29. The van der Waals surface area contributed by atoms with Gasteiger partial charge >= 0.3 is 0 Å². The summed E-state index contributed by atoms with van der Waals surface area (Å²) in [7, 11) is 0. The minimum atomic E-state index is -0.300. The Labute approximate surface area is 94.1 Å². The SMILES string of the molecule is CC(CCO)NCc1ccc(Cl)cc1F. The third kappa shape index (κ3) is 4.16. The van der Waals surface area contributed by atoms with Crippen LogP contribution in [-0.2, 0) is 6.54 Å². The highest BCUT2D eigenvalue weighted by molar-refractivity contribution is 6.30. The fourth-order valence-electron chi connectivity index (χ4n) is 1.24. The predicted octanol–water partition coefficient (Wildman–Crippen LogP) is 2.34. The van der Waals surface area contributed by atoms with Crippen LogP contribution in [-0.4, -0.2) is 17.8 Å². The van der Waals surface area contributed by atoms with Crippen molar-refractivity contribution in [2.24, 2.45) is 0 Å². The Balaban J connectivity index is 2.50. The molecule has 2 nitrogen and oxygen atoms in total. The van der Waals surface area contributed by atoms with Crippen molar-refractivity contribution >= 4 is 11.6 Å². The van der Waals surface area contributed by atoms with Gasteiger partial charge in [-0.05, 0) is 25.5 Å². The van der Waals surface area contributed by atoms with Crippen molar-refractivity contribution in [3.63, 3.8) is 0 Å². The zero-order chi connectivity index (χ0) is 11.3. The lowest BCUT2D eigenvalue weighted by Gasteiger charge is -2.12. The maximum absolute atomic E-state index is 13.3. The average molecular weight is 232 g/mol. The van der Waals surface area contributed by atoms with E-state index in [-0.39, 0.29) is 18.5 Å². The van der Waals surface area contributed by atoms with Crippen LogP contribution in [0.3, 0.4) is 0 Å². The van der Waals surface area contributed by atoms with Gasteiger partial charge in [-0.1, -0.05) is 17.7 Å². The number of hydrogen-bond acceptors (Lipinski definition) is 2. The molecule has 0 saturated heterocycles. The zero-order valence-electron chi connectivity index (χ0n) is 8.63. The van der Waals surface area contributed by atoms with Gasteiger partial charge < -0.3 is 10.4 Å². The number of aliphatic hydroxyl groups is 1. The number of hydrogen-bond donors (Lipinski definition) is 2. The van der Waals surface area contributed by atoms with Gasteiger partial charge in [0.15, 0.2) is 0 Å². The number of halogens is 2. The molecule has 84 valence electrons. The molecular formula is C11H15ClFNO. The molecule has 0 bridgehead atoms. The molecule has 0 radical (unpaired) electrons. The lowest BCUT2D eigenvalue weighted by Crippen LogP contribution is -2.26. The Morgan fingerprint density at radius 1 is 1.53 bits per heavy atom. The summed E-state index contributed by atoms with van der Waals surface area (Å²) in [5.74, 6) is -0.300. The molecule has 2 N–H and O–H groups in total. The van der Waals surface area contributed by atoms with Crippen LogP contribution in [0.25, 0.3) is 0 Å². The molecule has 1 aromatic carbocycles. The molecule has 1 aromatic rings. The second kappa shape index (κ2) is 6.05. The molecule has 0 aliphatic rings. The van der Waals surface area contributed by atoms with Crippen LogP contribution in [0.4, 0.5) is 4.39 Å². The maximum atomic E-state index is 13.3. The maximum Gasteiger partial charge on any atom is 0.129 e. The van der Waals surface area contributed by atoms with E-state index in [1.165, 1.54) is 6.07 Å². The standard InChI is InChI=1S/C11H15ClFNO/c1-8(4-5-15)14-7-9-2-3-10(12)6-11(9)13/h2-3,6,8,14-15H,4-5,7H2,1H3. The highest BCUT2D eigenvalue weighted by Gasteiger charge is 2.05. The van der Waals surface area contributed by atoms with E-state index in [1.54, 1.807) is 12.1 Å². The van der Waals surface area contributed by atoms with Gasteiger partial charge in [-0.2, -0.15) is 0 Å². The predicted molar refractivity (Wildman–Crippen MR) is 59.4 cm³/mol. The van der Waals surface area contributed by atoms with Crippen molar-refractivity contribution < 1.29 is 9.50 Å². The largest absolute Gasteiger partial charge is 0.396 e. The molecule has 1 rings (SSSR count). The summed E-state index contributed by atoms with van der Waals surface area (Å²) in [4.78, 5) is 0. The summed E-state index contributed by atoms with van der Waals surface area (Å²) in [6.07, 6.45) is 0.662. The van der Waals surface area contributed by atoms with Crippen LogP contribution in [0.1, 0.15) is 18.9 Å². The monoisotopic (exact) mass is 231 g/mol. The van der Waals surface area contributed by atoms with E-state index < -0.39 is 0 Å². The number of nitrogens with one attached hydrogen (secondary N) is 1. The normalized spacial score (nSPS) is 12.8. The van der Waals surface area contributed by atoms with Gasteiger partial charge in [-0.15, -0.1) is 0 Å².